The van der Waals surface area contributed by atoms with Crippen molar-refractivity contribution in [2.75, 3.05) is 0 Å². The summed E-state index contributed by atoms with van der Waals surface area (Å²) in [5.41, 5.74) is 1.49. The summed E-state index contributed by atoms with van der Waals surface area (Å²) in [4.78, 5) is 10.4. The Hall–Kier alpha value is -1.25. The fraction of sp³-hybridized carbons (Fsp3) is 0.417. The summed E-state index contributed by atoms with van der Waals surface area (Å²) in [7, 11) is 0. The third-order valence-corrected chi connectivity index (χ3v) is 2.41. The number of rotatable bonds is 5. The van der Waals surface area contributed by atoms with Gasteiger partial charge in [-0.1, -0.05) is 31.2 Å². The molecule has 0 heterocycles. The molecule has 0 aliphatic carbocycles. The molecule has 0 saturated carbocycles. The molecule has 1 nitrogen and oxygen atoms in total. The predicted octanol–water partition coefficient (Wildman–Crippen LogP) is 3.19. The Balaban J connectivity index is 2.89. The monoisotopic (exact) mass is 212 g/mol. The Labute approximate surface area is 88.1 Å². The Kier molecular flexibility index (Phi) is 4.40. The van der Waals surface area contributed by atoms with E-state index in [-0.39, 0.29) is 12.3 Å². The van der Waals surface area contributed by atoms with Gasteiger partial charge in [-0.25, -0.2) is 8.78 Å². The van der Waals surface area contributed by atoms with E-state index in [0.29, 0.717) is 12.0 Å². The molecule has 0 aliphatic heterocycles. The topological polar surface area (TPSA) is 17.1 Å². The van der Waals surface area contributed by atoms with Crippen LogP contribution in [0.25, 0.3) is 0 Å². The van der Waals surface area contributed by atoms with Crippen LogP contribution in [0.15, 0.2) is 24.3 Å². The highest BCUT2D eigenvalue weighted by Gasteiger charge is 2.13. The third-order valence-electron chi connectivity index (χ3n) is 2.41. The number of carbonyl (C=O) groups is 1. The van der Waals surface area contributed by atoms with Crippen LogP contribution in [0.3, 0.4) is 0 Å². The number of halogens is 2. The molecule has 3 heteroatoms. The molecule has 0 fully saturated rings. The minimum Gasteiger partial charge on any atom is -0.303 e. The van der Waals surface area contributed by atoms with Crippen molar-refractivity contribution in [1.29, 1.82) is 0 Å². The highest BCUT2D eigenvalue weighted by molar-refractivity contribution is 5.52. The van der Waals surface area contributed by atoms with Crippen LogP contribution >= 0.6 is 0 Å². The van der Waals surface area contributed by atoms with Crippen molar-refractivity contribution in [3.63, 3.8) is 0 Å². The molecule has 82 valence electrons. The number of carbonyl (C=O) groups excluding carboxylic acids is 1. The summed E-state index contributed by atoms with van der Waals surface area (Å²) >= 11 is 0. The van der Waals surface area contributed by atoms with E-state index in [0.717, 1.165) is 11.8 Å². The largest absolute Gasteiger partial charge is 0.303 e. The molecule has 1 rings (SSSR count). The second-order valence-electron chi connectivity index (χ2n) is 3.60. The lowest BCUT2D eigenvalue weighted by Gasteiger charge is -2.13. The van der Waals surface area contributed by atoms with Gasteiger partial charge in [0.1, 0.15) is 6.29 Å². The van der Waals surface area contributed by atoms with E-state index < -0.39 is 6.43 Å². The average Bonchev–Trinajstić information content (AvgIpc) is 2.18. The van der Waals surface area contributed by atoms with Crippen molar-refractivity contribution in [1.82, 2.24) is 0 Å². The molecule has 15 heavy (non-hydrogen) atoms. The summed E-state index contributed by atoms with van der Waals surface area (Å²) in [6.45, 7) is 1.87. The highest BCUT2D eigenvalue weighted by Crippen LogP contribution is 2.23. The second-order valence-corrected chi connectivity index (χ2v) is 3.60. The second kappa shape index (κ2) is 5.59. The molecule has 0 radical (unpaired) electrons. The standard InChI is InChI=1S/C12H14F2O/c1-9(6-7-15)11-5-3-2-4-10(11)8-12(13)14/h2-5,7,9,12H,6,8H2,1H3. The molecule has 0 aliphatic rings. The first-order valence-corrected chi connectivity index (χ1v) is 4.94. The van der Waals surface area contributed by atoms with Crippen LogP contribution in [-0.2, 0) is 11.2 Å². The van der Waals surface area contributed by atoms with Crippen molar-refractivity contribution in [2.24, 2.45) is 0 Å². The van der Waals surface area contributed by atoms with Gasteiger partial charge in [0.2, 0.25) is 6.43 Å². The van der Waals surface area contributed by atoms with Crippen LogP contribution in [0.1, 0.15) is 30.4 Å². The molecular weight excluding hydrogens is 198 g/mol. The first kappa shape index (κ1) is 11.8. The summed E-state index contributed by atoms with van der Waals surface area (Å²) in [5.74, 6) is 0.0115. The third kappa shape index (κ3) is 3.42. The van der Waals surface area contributed by atoms with Crippen LogP contribution in [0.4, 0.5) is 8.78 Å². The van der Waals surface area contributed by atoms with Gasteiger partial charge in [0.25, 0.3) is 0 Å². The molecule has 0 bridgehead atoms. The lowest BCUT2D eigenvalue weighted by molar-refractivity contribution is -0.108. The Morgan fingerprint density at radius 3 is 2.60 bits per heavy atom. The van der Waals surface area contributed by atoms with Gasteiger partial charge in [0.15, 0.2) is 0 Å². The van der Waals surface area contributed by atoms with Gasteiger partial charge in [-0.05, 0) is 17.0 Å². The maximum atomic E-state index is 12.3. The van der Waals surface area contributed by atoms with E-state index in [1.165, 1.54) is 0 Å². The van der Waals surface area contributed by atoms with E-state index in [4.69, 9.17) is 0 Å². The molecule has 0 aromatic heterocycles. The highest BCUT2D eigenvalue weighted by atomic mass is 19.3. The van der Waals surface area contributed by atoms with Crippen LogP contribution < -0.4 is 0 Å². The van der Waals surface area contributed by atoms with E-state index in [2.05, 4.69) is 0 Å². The zero-order valence-corrected chi connectivity index (χ0v) is 8.62. The van der Waals surface area contributed by atoms with Gasteiger partial charge in [-0.15, -0.1) is 0 Å². The average molecular weight is 212 g/mol. The van der Waals surface area contributed by atoms with Gasteiger partial charge in [-0.3, -0.25) is 0 Å². The summed E-state index contributed by atoms with van der Waals surface area (Å²) in [5, 5.41) is 0. The number of hydrogen-bond acceptors (Lipinski definition) is 1. The first-order valence-electron chi connectivity index (χ1n) is 4.94. The van der Waals surface area contributed by atoms with Crippen molar-refractivity contribution in [3.05, 3.63) is 35.4 Å². The van der Waals surface area contributed by atoms with Crippen molar-refractivity contribution in [3.8, 4) is 0 Å². The molecule has 1 aromatic carbocycles. The van der Waals surface area contributed by atoms with Gasteiger partial charge in [0.05, 0.1) is 0 Å². The molecule has 0 amide bonds. The summed E-state index contributed by atoms with van der Waals surface area (Å²) in [6, 6.07) is 7.06. The summed E-state index contributed by atoms with van der Waals surface area (Å²) < 4.78 is 24.6. The quantitative estimate of drug-likeness (QED) is 0.685. The SMILES string of the molecule is CC(CC=O)c1ccccc1CC(F)F. The smallest absolute Gasteiger partial charge is 0.242 e. The normalized spacial score (nSPS) is 12.8. The molecule has 0 spiro atoms. The molecule has 0 saturated heterocycles. The van der Waals surface area contributed by atoms with E-state index in [1.54, 1.807) is 12.1 Å². The molecule has 1 unspecified atom stereocenters. The summed E-state index contributed by atoms with van der Waals surface area (Å²) in [6.07, 6.45) is -1.38. The number of aldehydes is 1. The van der Waals surface area contributed by atoms with Crippen molar-refractivity contribution in [2.45, 2.75) is 32.1 Å². The molecule has 1 aromatic rings. The lowest BCUT2D eigenvalue weighted by Crippen LogP contribution is -2.04. The van der Waals surface area contributed by atoms with Gasteiger partial charge < -0.3 is 4.79 Å². The number of alkyl halides is 2. The van der Waals surface area contributed by atoms with E-state index in [1.807, 2.05) is 19.1 Å². The minimum atomic E-state index is -2.34. The maximum absolute atomic E-state index is 12.3. The molecule has 0 N–H and O–H groups in total. The van der Waals surface area contributed by atoms with Gasteiger partial charge in [-0.2, -0.15) is 0 Å². The Bertz CT molecular complexity index is 323. The van der Waals surface area contributed by atoms with Crippen molar-refractivity contribution < 1.29 is 13.6 Å². The Morgan fingerprint density at radius 1 is 1.33 bits per heavy atom. The maximum Gasteiger partial charge on any atom is 0.242 e. The molecule has 1 atom stereocenters. The Morgan fingerprint density at radius 2 is 2.00 bits per heavy atom. The van der Waals surface area contributed by atoms with Crippen LogP contribution in [0, 0.1) is 0 Å². The zero-order valence-electron chi connectivity index (χ0n) is 8.62. The number of hydrogen-bond donors (Lipinski definition) is 0. The predicted molar refractivity (Wildman–Crippen MR) is 55.2 cm³/mol. The lowest BCUT2D eigenvalue weighted by atomic mass is 9.92. The number of benzene rings is 1. The van der Waals surface area contributed by atoms with Crippen molar-refractivity contribution >= 4 is 6.29 Å². The van der Waals surface area contributed by atoms with Crippen LogP contribution in [-0.4, -0.2) is 12.7 Å². The molecular formula is C12H14F2O. The van der Waals surface area contributed by atoms with Crippen LogP contribution in [0.2, 0.25) is 0 Å². The fourth-order valence-corrected chi connectivity index (χ4v) is 1.64. The fourth-order valence-electron chi connectivity index (χ4n) is 1.64. The van der Waals surface area contributed by atoms with Gasteiger partial charge in [0, 0.05) is 12.8 Å². The minimum absolute atomic E-state index is 0.0115. The van der Waals surface area contributed by atoms with E-state index >= 15 is 0 Å². The first-order chi connectivity index (χ1) is 7.15. The van der Waals surface area contributed by atoms with E-state index in [9.17, 15) is 13.6 Å². The van der Waals surface area contributed by atoms with Gasteiger partial charge >= 0.3 is 0 Å². The zero-order chi connectivity index (χ0) is 11.3. The van der Waals surface area contributed by atoms with Crippen LogP contribution in [0.5, 0.6) is 0 Å².